The fourth-order valence-corrected chi connectivity index (χ4v) is 6.86. The predicted molar refractivity (Wildman–Crippen MR) is 122 cm³/mol. The molecular weight excluding hydrogens is 388 g/mol. The van der Waals surface area contributed by atoms with Crippen LogP contribution >= 0.6 is 0 Å². The maximum Gasteiger partial charge on any atom is 0.291 e. The molecule has 31 heavy (non-hydrogen) atoms. The van der Waals surface area contributed by atoms with Crippen molar-refractivity contribution in [3.05, 3.63) is 23.5 Å². The van der Waals surface area contributed by atoms with Crippen LogP contribution in [0.15, 0.2) is 28.5 Å². The van der Waals surface area contributed by atoms with Crippen molar-refractivity contribution in [3.8, 4) is 0 Å². The monoisotopic (exact) mass is 426 g/mol. The van der Waals surface area contributed by atoms with Gasteiger partial charge in [0, 0.05) is 29.9 Å². The molecule has 6 nitrogen and oxygen atoms in total. The summed E-state index contributed by atoms with van der Waals surface area (Å²) >= 11 is 0. The van der Waals surface area contributed by atoms with Crippen LogP contribution in [0.5, 0.6) is 0 Å². The molecule has 0 aromatic heterocycles. The zero-order chi connectivity index (χ0) is 21.2. The van der Waals surface area contributed by atoms with Gasteiger partial charge in [0.1, 0.15) is 5.71 Å². The van der Waals surface area contributed by atoms with Crippen LogP contribution in [0, 0.1) is 0 Å². The molecule has 5 aliphatic rings. The highest BCUT2D eigenvalue weighted by molar-refractivity contribution is 6.40. The number of nitrogens with one attached hydrogen (secondary N) is 1. The van der Waals surface area contributed by atoms with Crippen LogP contribution in [-0.2, 0) is 9.63 Å². The number of piperidine rings is 1. The lowest BCUT2D eigenvalue weighted by molar-refractivity contribution is -0.124. The zero-order valence-electron chi connectivity index (χ0n) is 19.0. The molecule has 2 bridgehead atoms. The molecule has 6 heteroatoms. The minimum absolute atomic E-state index is 0.215. The van der Waals surface area contributed by atoms with Crippen molar-refractivity contribution in [2.24, 2.45) is 4.99 Å². The normalized spacial score (nSPS) is 32.4. The molecule has 0 aromatic carbocycles. The highest BCUT2D eigenvalue weighted by atomic mass is 16.6. The lowest BCUT2D eigenvalue weighted by atomic mass is 9.88. The standard InChI is InChI=1S/C25H38N4O2/c1-31-27-25(30)23-17-28(24-12-8-7-11-22(24)26-23)21-15-19-13-14-20(16-21)29(19)18-9-5-3-2-4-6-10-18/h7,11,18-21H,2-6,8-10,12-17H2,1H3,(H,27,30)/t19-,20+,21+. The number of fused-ring (bicyclic) bond motifs is 2. The minimum Gasteiger partial charge on any atom is -0.364 e. The highest BCUT2D eigenvalue weighted by Crippen LogP contribution is 2.43. The molecule has 3 heterocycles. The van der Waals surface area contributed by atoms with Gasteiger partial charge < -0.3 is 4.90 Å². The summed E-state index contributed by atoms with van der Waals surface area (Å²) in [5, 5.41) is 0. The summed E-state index contributed by atoms with van der Waals surface area (Å²) in [6.07, 6.45) is 21.4. The van der Waals surface area contributed by atoms with E-state index in [1.54, 1.807) is 0 Å². The van der Waals surface area contributed by atoms with Gasteiger partial charge in [-0.2, -0.15) is 0 Å². The van der Waals surface area contributed by atoms with E-state index in [4.69, 9.17) is 9.83 Å². The lowest BCUT2D eigenvalue weighted by Gasteiger charge is -2.49. The summed E-state index contributed by atoms with van der Waals surface area (Å²) < 4.78 is 0. The summed E-state index contributed by atoms with van der Waals surface area (Å²) in [5.74, 6) is -0.215. The SMILES string of the molecule is CONC(=O)C1=NC2=C(CCC=C2)N([C@H]2C[C@H]3CC[C@@H](C2)N3C2CCCCCCC2)C1. The Morgan fingerprint density at radius 2 is 1.71 bits per heavy atom. The van der Waals surface area contributed by atoms with Gasteiger partial charge in [0.2, 0.25) is 0 Å². The fraction of sp³-hybridized carbons (Fsp3) is 0.760. The van der Waals surface area contributed by atoms with E-state index in [9.17, 15) is 4.79 Å². The average molecular weight is 427 g/mol. The smallest absolute Gasteiger partial charge is 0.291 e. The van der Waals surface area contributed by atoms with Crippen LogP contribution in [0.3, 0.4) is 0 Å². The third-order valence-corrected chi connectivity index (χ3v) is 8.20. The van der Waals surface area contributed by atoms with Crippen molar-refractivity contribution in [2.75, 3.05) is 13.7 Å². The second-order valence-corrected chi connectivity index (χ2v) is 10.1. The molecule has 170 valence electrons. The van der Waals surface area contributed by atoms with Crippen molar-refractivity contribution in [1.29, 1.82) is 0 Å². The van der Waals surface area contributed by atoms with Crippen LogP contribution in [0.25, 0.3) is 0 Å². The second kappa shape index (κ2) is 9.45. The summed E-state index contributed by atoms with van der Waals surface area (Å²) in [4.78, 5) is 27.6. The van der Waals surface area contributed by atoms with Gasteiger partial charge in [-0.25, -0.2) is 10.5 Å². The van der Waals surface area contributed by atoms with E-state index in [1.807, 2.05) is 0 Å². The van der Waals surface area contributed by atoms with Crippen molar-refractivity contribution >= 4 is 11.6 Å². The van der Waals surface area contributed by atoms with Gasteiger partial charge in [-0.1, -0.05) is 38.2 Å². The summed E-state index contributed by atoms with van der Waals surface area (Å²) in [6, 6.07) is 2.75. The third-order valence-electron chi connectivity index (χ3n) is 8.20. The van der Waals surface area contributed by atoms with Crippen LogP contribution in [0.1, 0.15) is 83.5 Å². The van der Waals surface area contributed by atoms with Crippen LogP contribution in [-0.4, -0.2) is 59.2 Å². The van der Waals surface area contributed by atoms with Crippen molar-refractivity contribution < 1.29 is 9.63 Å². The first-order valence-corrected chi connectivity index (χ1v) is 12.6. The first-order chi connectivity index (χ1) is 15.2. The zero-order valence-corrected chi connectivity index (χ0v) is 19.0. The van der Waals surface area contributed by atoms with Crippen molar-refractivity contribution in [2.45, 2.75) is 108 Å². The number of carbonyl (C=O) groups excluding carboxylic acids is 1. The molecular formula is C25H38N4O2. The fourth-order valence-electron chi connectivity index (χ4n) is 6.86. The van der Waals surface area contributed by atoms with Gasteiger partial charge in [-0.15, -0.1) is 0 Å². The lowest BCUT2D eigenvalue weighted by Crippen LogP contribution is -2.55. The molecule has 3 aliphatic heterocycles. The third kappa shape index (κ3) is 4.34. The van der Waals surface area contributed by atoms with Gasteiger partial charge in [0.15, 0.2) is 0 Å². The molecule has 3 atom stereocenters. The maximum absolute atomic E-state index is 12.5. The van der Waals surface area contributed by atoms with E-state index in [0.29, 0.717) is 30.4 Å². The summed E-state index contributed by atoms with van der Waals surface area (Å²) in [7, 11) is 1.48. The summed E-state index contributed by atoms with van der Waals surface area (Å²) in [5.41, 5.74) is 5.37. The molecule has 0 radical (unpaired) electrons. The molecule has 2 saturated heterocycles. The molecule has 1 amide bonds. The Hall–Kier alpha value is -1.66. The largest absolute Gasteiger partial charge is 0.364 e. The van der Waals surface area contributed by atoms with E-state index in [1.165, 1.54) is 83.4 Å². The minimum atomic E-state index is -0.215. The van der Waals surface area contributed by atoms with E-state index in [0.717, 1.165) is 24.6 Å². The predicted octanol–water partition coefficient (Wildman–Crippen LogP) is 4.09. The van der Waals surface area contributed by atoms with E-state index < -0.39 is 0 Å². The number of carbonyl (C=O) groups is 1. The molecule has 0 unspecified atom stereocenters. The number of hydroxylamine groups is 1. The number of hydrogen-bond acceptors (Lipinski definition) is 5. The Labute approximate surface area is 186 Å². The van der Waals surface area contributed by atoms with Gasteiger partial charge in [0.05, 0.1) is 19.4 Å². The Balaban J connectivity index is 1.33. The molecule has 0 aromatic rings. The number of hydrogen-bond donors (Lipinski definition) is 1. The van der Waals surface area contributed by atoms with Gasteiger partial charge in [-0.3, -0.25) is 14.5 Å². The number of amides is 1. The Bertz CT molecular complexity index is 751. The number of rotatable bonds is 4. The topological polar surface area (TPSA) is 57.2 Å². The Kier molecular flexibility index (Phi) is 6.46. The van der Waals surface area contributed by atoms with Crippen LogP contribution in [0.4, 0.5) is 0 Å². The Morgan fingerprint density at radius 1 is 1.00 bits per heavy atom. The number of aliphatic imine (C=N–C) groups is 1. The molecule has 3 fully saturated rings. The van der Waals surface area contributed by atoms with Gasteiger partial charge in [-0.05, 0) is 57.4 Å². The maximum atomic E-state index is 12.5. The second-order valence-electron chi connectivity index (χ2n) is 10.1. The van der Waals surface area contributed by atoms with Gasteiger partial charge in [0.25, 0.3) is 5.91 Å². The average Bonchev–Trinajstić information content (AvgIpc) is 3.02. The summed E-state index contributed by atoms with van der Waals surface area (Å²) in [6.45, 7) is 0.607. The molecule has 0 spiro atoms. The van der Waals surface area contributed by atoms with E-state index >= 15 is 0 Å². The first-order valence-electron chi connectivity index (χ1n) is 12.6. The van der Waals surface area contributed by atoms with Crippen molar-refractivity contribution in [1.82, 2.24) is 15.3 Å². The van der Waals surface area contributed by atoms with Gasteiger partial charge >= 0.3 is 0 Å². The molecule has 1 N–H and O–H groups in total. The highest BCUT2D eigenvalue weighted by Gasteiger charge is 2.46. The molecule has 2 aliphatic carbocycles. The van der Waals surface area contributed by atoms with Crippen molar-refractivity contribution in [3.63, 3.8) is 0 Å². The molecule has 1 saturated carbocycles. The van der Waals surface area contributed by atoms with Crippen LogP contribution in [0.2, 0.25) is 0 Å². The quantitative estimate of drug-likeness (QED) is 0.688. The van der Waals surface area contributed by atoms with E-state index in [2.05, 4.69) is 27.4 Å². The van der Waals surface area contributed by atoms with E-state index in [-0.39, 0.29) is 5.91 Å². The number of allylic oxidation sites excluding steroid dienone is 3. The molecule has 5 rings (SSSR count). The first kappa shape index (κ1) is 21.2. The number of nitrogens with zero attached hydrogens (tertiary/aromatic N) is 3. The van der Waals surface area contributed by atoms with Crippen LogP contribution < -0.4 is 5.48 Å². The Morgan fingerprint density at radius 3 is 2.42 bits per heavy atom.